The third-order valence-electron chi connectivity index (χ3n) is 16.1. The van der Waals surface area contributed by atoms with Crippen LogP contribution in [0.25, 0.3) is 0 Å². The van der Waals surface area contributed by atoms with Gasteiger partial charge in [-0.2, -0.15) is 0 Å². The van der Waals surface area contributed by atoms with Gasteiger partial charge in [-0.25, -0.2) is 9.78 Å². The molecule has 2 aromatic carbocycles. The summed E-state index contributed by atoms with van der Waals surface area (Å²) in [4.78, 5) is 111. The molecule has 424 valence electrons. The number of nitrogens with one attached hydrogen (secondary N) is 1. The molecule has 3 aromatic rings. The molecule has 0 spiro atoms. The number of methoxy groups -OCH3 is 1. The monoisotopic (exact) mass is 1090 g/mol. The molecule has 0 radical (unpaired) electrons. The fraction of sp³-hybridized carbons (Fsp3) is 0.627. The molecule has 10 atom stereocenters. The SMILES string of the molecule is CC[C@H](C)[C@@H]([C@@H](CC(=O)N1CCC[C@H]1[C@H](CO)[C@@H](C)C(=O)C[C@@H](Cc1ccccc1)c1nccs1)OC)N(C)C(=O)[C@@H](CC(=O)[C@H](C(C)C)N(C)C(=O)OC(C(=O)N1CCN(C)CC1)c1ccc(NC(C)=O)cc1)C(C)C. The molecule has 77 heavy (non-hydrogen) atoms. The summed E-state index contributed by atoms with van der Waals surface area (Å²) < 4.78 is 12.2. The van der Waals surface area contributed by atoms with Gasteiger partial charge in [0.15, 0.2) is 5.78 Å². The van der Waals surface area contributed by atoms with Gasteiger partial charge in [0.1, 0.15) is 5.78 Å². The van der Waals surface area contributed by atoms with E-state index >= 15 is 0 Å². The minimum Gasteiger partial charge on any atom is -0.431 e. The zero-order valence-corrected chi connectivity index (χ0v) is 48.5. The molecule has 2 aliphatic rings. The Kier molecular flexibility index (Phi) is 23.8. The average Bonchev–Trinajstić information content (AvgIpc) is 4.13. The Morgan fingerprint density at radius 2 is 1.51 bits per heavy atom. The summed E-state index contributed by atoms with van der Waals surface area (Å²) in [5.74, 6) is -4.25. The summed E-state index contributed by atoms with van der Waals surface area (Å²) in [5.41, 5.74) is 2.02. The minimum absolute atomic E-state index is 0.0145. The van der Waals surface area contributed by atoms with Gasteiger partial charge in [0.2, 0.25) is 23.8 Å². The topological polar surface area (TPSA) is 199 Å². The highest BCUT2D eigenvalue weighted by atomic mass is 32.1. The lowest BCUT2D eigenvalue weighted by molar-refractivity contribution is -0.148. The van der Waals surface area contributed by atoms with E-state index in [9.17, 15) is 38.7 Å². The van der Waals surface area contributed by atoms with Crippen LogP contribution in [-0.2, 0) is 44.7 Å². The number of likely N-dealkylation sites (tertiary alicyclic amines) is 1. The fourth-order valence-electron chi connectivity index (χ4n) is 11.4. The van der Waals surface area contributed by atoms with Gasteiger partial charge in [0, 0.05) is 133 Å². The highest BCUT2D eigenvalue weighted by Gasteiger charge is 2.44. The predicted molar refractivity (Wildman–Crippen MR) is 299 cm³/mol. The molecule has 0 saturated carbocycles. The molecule has 17 nitrogen and oxygen atoms in total. The van der Waals surface area contributed by atoms with E-state index in [4.69, 9.17) is 9.47 Å². The van der Waals surface area contributed by atoms with Gasteiger partial charge in [0.25, 0.3) is 5.91 Å². The maximum absolute atomic E-state index is 14.9. The van der Waals surface area contributed by atoms with Gasteiger partial charge in [0.05, 0.1) is 29.6 Å². The number of anilines is 1. The molecule has 1 unspecified atom stereocenters. The number of nitrogens with zero attached hydrogens (tertiary/aromatic N) is 6. The average molecular weight is 1090 g/mol. The van der Waals surface area contributed by atoms with Crippen LogP contribution in [0.4, 0.5) is 10.5 Å². The standard InChI is InChI=1S/C59H87N7O10S/c1-13-39(6)54(51(75-12)35-52(71)66-26-17-20-48(66)47(36-67)40(7)49(69)33-44(56-60-25-31-77-56)32-42-18-15-14-16-19-42)63(10)57(72)46(37(2)3)34-50(70)53(38(4)5)64(11)59(74)76-55(58(73)65-29-27-62(9)28-30-65)43-21-23-45(24-22-43)61-41(8)68/h14-16,18-19,21-25,31,37-40,44,46-48,51,53-55,67H,13,17,20,26-30,32-36H2,1-12H3,(H,61,68)/t39-,40+,44+,46-,47+,48-,51+,53-,54-,55?/m0/s1. The Morgan fingerprint density at radius 3 is 2.06 bits per heavy atom. The lowest BCUT2D eigenvalue weighted by Crippen LogP contribution is -2.54. The number of rotatable bonds is 27. The van der Waals surface area contributed by atoms with E-state index in [1.807, 2.05) is 91.2 Å². The lowest BCUT2D eigenvalue weighted by Gasteiger charge is -2.41. The third kappa shape index (κ3) is 16.5. The summed E-state index contributed by atoms with van der Waals surface area (Å²) >= 11 is 1.53. The first-order valence-corrected chi connectivity index (χ1v) is 28.5. The molecule has 2 saturated heterocycles. The number of aromatic nitrogens is 1. The van der Waals surface area contributed by atoms with E-state index in [2.05, 4.69) is 15.2 Å². The van der Waals surface area contributed by atoms with Crippen molar-refractivity contribution in [2.24, 2.45) is 35.5 Å². The van der Waals surface area contributed by atoms with Crippen molar-refractivity contribution in [3.63, 3.8) is 0 Å². The van der Waals surface area contributed by atoms with Crippen molar-refractivity contribution in [2.75, 3.05) is 72.9 Å². The molecule has 1 aromatic heterocycles. The van der Waals surface area contributed by atoms with Crippen molar-refractivity contribution in [3.8, 4) is 0 Å². The molecule has 2 fully saturated rings. The Hall–Kier alpha value is -5.56. The van der Waals surface area contributed by atoms with Crippen LogP contribution in [0.2, 0.25) is 0 Å². The number of aliphatic hydroxyl groups is 1. The highest BCUT2D eigenvalue weighted by Crippen LogP contribution is 2.36. The molecule has 3 heterocycles. The predicted octanol–water partition coefficient (Wildman–Crippen LogP) is 7.74. The Bertz CT molecular complexity index is 2400. The van der Waals surface area contributed by atoms with Crippen LogP contribution in [0.5, 0.6) is 0 Å². The zero-order valence-electron chi connectivity index (χ0n) is 47.7. The number of Topliss-reactive ketones (excluding diaryl/α,β-unsaturated/α-hetero) is 2. The number of aliphatic hydroxyl groups excluding tert-OH is 1. The molecular weight excluding hydrogens is 999 g/mol. The smallest absolute Gasteiger partial charge is 0.411 e. The molecule has 5 rings (SSSR count). The Balaban J connectivity index is 1.30. The van der Waals surface area contributed by atoms with E-state index in [1.165, 1.54) is 37.3 Å². The number of carbonyl (C=O) groups is 7. The van der Waals surface area contributed by atoms with Crippen molar-refractivity contribution in [2.45, 2.75) is 137 Å². The van der Waals surface area contributed by atoms with Crippen molar-refractivity contribution in [3.05, 3.63) is 82.3 Å². The van der Waals surface area contributed by atoms with Gasteiger partial charge < -0.3 is 44.4 Å². The number of piperazine rings is 1. The van der Waals surface area contributed by atoms with Crippen LogP contribution in [-0.4, -0.2) is 168 Å². The number of amides is 5. The van der Waals surface area contributed by atoms with Crippen LogP contribution in [0.15, 0.2) is 66.2 Å². The van der Waals surface area contributed by atoms with E-state index in [0.29, 0.717) is 69.7 Å². The van der Waals surface area contributed by atoms with Gasteiger partial charge in [-0.15, -0.1) is 11.3 Å². The van der Waals surface area contributed by atoms with E-state index in [-0.39, 0.29) is 79.0 Å². The third-order valence-corrected chi connectivity index (χ3v) is 17.1. The molecule has 18 heteroatoms. The quantitative estimate of drug-likeness (QED) is 0.0754. The molecule has 0 aliphatic carbocycles. The number of hydrogen-bond donors (Lipinski definition) is 2. The van der Waals surface area contributed by atoms with Gasteiger partial charge >= 0.3 is 6.09 Å². The van der Waals surface area contributed by atoms with Crippen LogP contribution in [0, 0.1) is 35.5 Å². The lowest BCUT2D eigenvalue weighted by atomic mass is 9.80. The van der Waals surface area contributed by atoms with Crippen LogP contribution in [0.1, 0.15) is 122 Å². The van der Waals surface area contributed by atoms with E-state index in [1.54, 1.807) is 52.2 Å². The second-order valence-corrected chi connectivity index (χ2v) is 23.1. The number of carbonyl (C=O) groups excluding carboxylic acids is 7. The first-order valence-electron chi connectivity index (χ1n) is 27.6. The van der Waals surface area contributed by atoms with Gasteiger partial charge in [-0.1, -0.05) is 97.4 Å². The Labute approximate surface area is 461 Å². The second-order valence-electron chi connectivity index (χ2n) is 22.2. The molecule has 0 bridgehead atoms. The van der Waals surface area contributed by atoms with Crippen LogP contribution >= 0.6 is 11.3 Å². The number of thiazole rings is 1. The van der Waals surface area contributed by atoms with E-state index in [0.717, 1.165) is 10.6 Å². The van der Waals surface area contributed by atoms with E-state index < -0.39 is 60.0 Å². The van der Waals surface area contributed by atoms with Crippen molar-refractivity contribution >= 4 is 58.3 Å². The zero-order chi connectivity index (χ0) is 56.7. The number of ketones is 2. The second kappa shape index (κ2) is 29.4. The maximum Gasteiger partial charge on any atom is 0.411 e. The normalized spacial score (nSPS) is 18.6. The summed E-state index contributed by atoms with van der Waals surface area (Å²) in [5, 5.41) is 16.4. The Morgan fingerprint density at radius 1 is 0.844 bits per heavy atom. The van der Waals surface area contributed by atoms with Crippen molar-refractivity contribution < 1.29 is 48.1 Å². The molecule has 2 aliphatic heterocycles. The van der Waals surface area contributed by atoms with Crippen molar-refractivity contribution in [1.29, 1.82) is 0 Å². The summed E-state index contributed by atoms with van der Waals surface area (Å²) in [7, 11) is 6.68. The highest BCUT2D eigenvalue weighted by molar-refractivity contribution is 7.09. The number of likely N-dealkylation sites (N-methyl/N-ethyl adjacent to an activating group) is 3. The minimum atomic E-state index is -1.33. The summed E-state index contributed by atoms with van der Waals surface area (Å²) in [6.07, 6.45) is 1.50. The van der Waals surface area contributed by atoms with Gasteiger partial charge in [-0.05, 0) is 61.8 Å². The maximum atomic E-state index is 14.9. The number of benzene rings is 2. The molecule has 5 amide bonds. The summed E-state index contributed by atoms with van der Waals surface area (Å²) in [6, 6.07) is 14.6. The van der Waals surface area contributed by atoms with Crippen molar-refractivity contribution in [1.82, 2.24) is 29.5 Å². The number of hydrogen-bond acceptors (Lipinski definition) is 13. The molecule has 2 N–H and O–H groups in total. The summed E-state index contributed by atoms with van der Waals surface area (Å²) in [6.45, 7) is 17.0. The van der Waals surface area contributed by atoms with Crippen LogP contribution in [0.3, 0.4) is 0 Å². The van der Waals surface area contributed by atoms with Gasteiger partial charge in [-0.3, -0.25) is 28.8 Å². The molecular formula is C59H87N7O10S. The van der Waals surface area contributed by atoms with Crippen LogP contribution < -0.4 is 5.32 Å². The first kappa shape index (κ1) is 62.3. The number of ether oxygens (including phenoxy) is 2. The first-order chi connectivity index (χ1) is 36.6. The largest absolute Gasteiger partial charge is 0.431 e. The fourth-order valence-corrected chi connectivity index (χ4v) is 12.1.